The molecule has 0 fully saturated rings. The summed E-state index contributed by atoms with van der Waals surface area (Å²) in [7, 11) is 0. The molecule has 2 rings (SSSR count). The zero-order valence-electron chi connectivity index (χ0n) is 9.64. The van der Waals surface area contributed by atoms with Crippen LogP contribution in [0.3, 0.4) is 0 Å². The van der Waals surface area contributed by atoms with Crippen molar-refractivity contribution in [3.8, 4) is 0 Å². The van der Waals surface area contributed by atoms with Crippen LogP contribution in [-0.2, 0) is 11.2 Å². The van der Waals surface area contributed by atoms with Crippen molar-refractivity contribution in [3.05, 3.63) is 71.5 Å². The fourth-order valence-corrected chi connectivity index (χ4v) is 2.10. The van der Waals surface area contributed by atoms with Crippen LogP contribution in [0.2, 0.25) is 0 Å². The van der Waals surface area contributed by atoms with E-state index in [1.807, 2.05) is 30.3 Å². The number of hydrogen-bond acceptors (Lipinski definition) is 1. The Morgan fingerprint density at radius 1 is 1.06 bits per heavy atom. The summed E-state index contributed by atoms with van der Waals surface area (Å²) in [6.45, 7) is 0. The van der Waals surface area contributed by atoms with Gasteiger partial charge >= 0.3 is 0 Å². The number of benzene rings is 2. The van der Waals surface area contributed by atoms with Crippen LogP contribution in [0.1, 0.15) is 17.0 Å². The van der Waals surface area contributed by atoms with E-state index in [4.69, 9.17) is 11.6 Å². The molecule has 0 aliphatic heterocycles. The number of hydrogen-bond donors (Lipinski definition) is 0. The van der Waals surface area contributed by atoms with E-state index >= 15 is 0 Å². The van der Waals surface area contributed by atoms with Gasteiger partial charge in [-0.15, -0.1) is 0 Å². The fraction of sp³-hybridized carbons (Fsp3) is 0.133. The van der Waals surface area contributed by atoms with Crippen molar-refractivity contribution in [1.29, 1.82) is 0 Å². The van der Waals surface area contributed by atoms with Crippen molar-refractivity contribution < 1.29 is 9.18 Å². The third-order valence-corrected chi connectivity index (χ3v) is 3.12. The van der Waals surface area contributed by atoms with Gasteiger partial charge in [-0.25, -0.2) is 4.39 Å². The topological polar surface area (TPSA) is 17.1 Å². The highest BCUT2D eigenvalue weighted by Crippen LogP contribution is 2.24. The van der Waals surface area contributed by atoms with Crippen molar-refractivity contribution >= 4 is 16.8 Å². The van der Waals surface area contributed by atoms with E-state index in [0.717, 1.165) is 5.56 Å². The predicted molar refractivity (Wildman–Crippen MR) is 70.1 cm³/mol. The van der Waals surface area contributed by atoms with Crippen LogP contribution >= 0.6 is 11.6 Å². The predicted octanol–water partition coefficient (Wildman–Crippen LogP) is 3.92. The van der Waals surface area contributed by atoms with Crippen LogP contribution in [0.4, 0.5) is 4.39 Å². The molecule has 0 heterocycles. The highest BCUT2D eigenvalue weighted by Gasteiger charge is 2.20. The maximum Gasteiger partial charge on any atom is 0.229 e. The number of halogens is 2. The second-order valence-corrected chi connectivity index (χ2v) is 4.44. The highest BCUT2D eigenvalue weighted by atomic mass is 35.5. The molecule has 2 aromatic rings. The van der Waals surface area contributed by atoms with Gasteiger partial charge in [-0.1, -0.05) is 48.5 Å². The Labute approximate surface area is 110 Å². The summed E-state index contributed by atoms with van der Waals surface area (Å²) in [4.78, 5) is 11.5. The molecule has 0 saturated carbocycles. The molecule has 1 unspecified atom stereocenters. The smallest absolute Gasteiger partial charge is 0.229 e. The first kappa shape index (κ1) is 12.8. The van der Waals surface area contributed by atoms with E-state index in [0.29, 0.717) is 5.56 Å². The Morgan fingerprint density at radius 3 is 2.28 bits per heavy atom. The molecular weight excluding hydrogens is 251 g/mol. The zero-order valence-corrected chi connectivity index (χ0v) is 10.4. The third kappa shape index (κ3) is 2.96. The van der Waals surface area contributed by atoms with Gasteiger partial charge in [0.05, 0.1) is 5.92 Å². The average Bonchev–Trinajstić information content (AvgIpc) is 2.38. The normalized spacial score (nSPS) is 12.1. The summed E-state index contributed by atoms with van der Waals surface area (Å²) in [6, 6.07) is 15.6. The van der Waals surface area contributed by atoms with Gasteiger partial charge in [-0.05, 0) is 35.2 Å². The van der Waals surface area contributed by atoms with Crippen LogP contribution in [0.5, 0.6) is 0 Å². The van der Waals surface area contributed by atoms with E-state index in [2.05, 4.69) is 0 Å². The molecule has 0 radical (unpaired) electrons. The molecule has 0 aliphatic carbocycles. The molecule has 0 aromatic heterocycles. The van der Waals surface area contributed by atoms with Crippen LogP contribution in [-0.4, -0.2) is 5.24 Å². The summed E-state index contributed by atoms with van der Waals surface area (Å²) in [5.41, 5.74) is 1.31. The Kier molecular flexibility index (Phi) is 4.11. The van der Waals surface area contributed by atoms with Gasteiger partial charge in [0, 0.05) is 0 Å². The minimum absolute atomic E-state index is 0.277. The highest BCUT2D eigenvalue weighted by molar-refractivity contribution is 6.64. The molecule has 0 N–H and O–H groups in total. The Hall–Kier alpha value is -1.67. The SMILES string of the molecule is O=C(Cl)C(Cc1ccccc1F)c1ccccc1. The van der Waals surface area contributed by atoms with Gasteiger partial charge in [-0.2, -0.15) is 0 Å². The lowest BCUT2D eigenvalue weighted by Gasteiger charge is -2.13. The van der Waals surface area contributed by atoms with Gasteiger partial charge in [0.15, 0.2) is 0 Å². The first-order valence-electron chi connectivity index (χ1n) is 5.66. The lowest BCUT2D eigenvalue weighted by atomic mass is 9.93. The summed E-state index contributed by atoms with van der Waals surface area (Å²) in [5.74, 6) is -0.818. The molecule has 0 saturated heterocycles. The van der Waals surface area contributed by atoms with Gasteiger partial charge in [0.1, 0.15) is 5.82 Å². The van der Waals surface area contributed by atoms with Gasteiger partial charge < -0.3 is 0 Å². The molecule has 2 aromatic carbocycles. The summed E-state index contributed by atoms with van der Waals surface area (Å²) < 4.78 is 13.6. The molecular formula is C15H12ClFO. The largest absolute Gasteiger partial charge is 0.281 e. The molecule has 92 valence electrons. The van der Waals surface area contributed by atoms with E-state index in [-0.39, 0.29) is 12.2 Å². The Bertz CT molecular complexity index is 539. The summed E-state index contributed by atoms with van der Waals surface area (Å²) >= 11 is 5.62. The fourth-order valence-electron chi connectivity index (χ4n) is 1.90. The van der Waals surface area contributed by atoms with E-state index in [1.54, 1.807) is 18.2 Å². The lowest BCUT2D eigenvalue weighted by Crippen LogP contribution is -2.11. The molecule has 1 nitrogen and oxygen atoms in total. The summed E-state index contributed by atoms with van der Waals surface area (Å²) in [6.07, 6.45) is 0.277. The van der Waals surface area contributed by atoms with E-state index < -0.39 is 11.2 Å². The maximum absolute atomic E-state index is 13.6. The monoisotopic (exact) mass is 262 g/mol. The molecule has 0 amide bonds. The lowest BCUT2D eigenvalue weighted by molar-refractivity contribution is -0.113. The van der Waals surface area contributed by atoms with Crippen molar-refractivity contribution in [1.82, 2.24) is 0 Å². The second-order valence-electron chi connectivity index (χ2n) is 4.06. The van der Waals surface area contributed by atoms with Crippen molar-refractivity contribution in [2.75, 3.05) is 0 Å². The van der Waals surface area contributed by atoms with Gasteiger partial charge in [0.2, 0.25) is 5.24 Å². The van der Waals surface area contributed by atoms with Crippen molar-refractivity contribution in [2.24, 2.45) is 0 Å². The summed E-state index contributed by atoms with van der Waals surface area (Å²) in [5, 5.41) is -0.468. The molecule has 1 atom stereocenters. The Balaban J connectivity index is 2.28. The van der Waals surface area contributed by atoms with Crippen LogP contribution in [0.25, 0.3) is 0 Å². The quantitative estimate of drug-likeness (QED) is 0.764. The zero-order chi connectivity index (χ0) is 13.0. The second kappa shape index (κ2) is 5.78. The molecule has 0 spiro atoms. The first-order chi connectivity index (χ1) is 8.68. The van der Waals surface area contributed by atoms with E-state index in [9.17, 15) is 9.18 Å². The van der Waals surface area contributed by atoms with Crippen LogP contribution in [0, 0.1) is 5.82 Å². The third-order valence-electron chi connectivity index (χ3n) is 2.86. The number of rotatable bonds is 4. The minimum Gasteiger partial charge on any atom is -0.281 e. The van der Waals surface area contributed by atoms with E-state index in [1.165, 1.54) is 6.07 Å². The van der Waals surface area contributed by atoms with Crippen molar-refractivity contribution in [2.45, 2.75) is 12.3 Å². The van der Waals surface area contributed by atoms with Crippen LogP contribution < -0.4 is 0 Å². The average molecular weight is 263 g/mol. The first-order valence-corrected chi connectivity index (χ1v) is 6.04. The standard InChI is InChI=1S/C15H12ClFO/c16-15(18)13(11-6-2-1-3-7-11)10-12-8-4-5-9-14(12)17/h1-9,13H,10H2. The van der Waals surface area contributed by atoms with Crippen molar-refractivity contribution in [3.63, 3.8) is 0 Å². The minimum atomic E-state index is -0.509. The number of carbonyl (C=O) groups excluding carboxylic acids is 1. The Morgan fingerprint density at radius 2 is 1.67 bits per heavy atom. The van der Waals surface area contributed by atoms with Crippen LogP contribution in [0.15, 0.2) is 54.6 Å². The van der Waals surface area contributed by atoms with Gasteiger partial charge in [0.25, 0.3) is 0 Å². The molecule has 0 bridgehead atoms. The molecule has 18 heavy (non-hydrogen) atoms. The molecule has 0 aliphatic rings. The maximum atomic E-state index is 13.6. The van der Waals surface area contributed by atoms with Gasteiger partial charge in [-0.3, -0.25) is 4.79 Å². The number of carbonyl (C=O) groups is 1. The molecule has 3 heteroatoms.